The molecule has 0 bridgehead atoms. The zero-order chi connectivity index (χ0) is 23.5. The van der Waals surface area contributed by atoms with Crippen LogP contribution in [0.15, 0.2) is 12.2 Å². The van der Waals surface area contributed by atoms with Crippen molar-refractivity contribution < 1.29 is 19.1 Å². The van der Waals surface area contributed by atoms with Crippen molar-refractivity contribution in [2.75, 3.05) is 13.2 Å². The average Bonchev–Trinajstić information content (AvgIpc) is 2.79. The van der Waals surface area contributed by atoms with Crippen molar-refractivity contribution in [1.29, 1.82) is 0 Å². The Morgan fingerprint density at radius 3 is 1.75 bits per heavy atom. The highest BCUT2D eigenvalue weighted by Crippen LogP contribution is 2.38. The van der Waals surface area contributed by atoms with Crippen LogP contribution in [0.1, 0.15) is 130 Å². The molecule has 4 heteroatoms. The Morgan fingerprint density at radius 2 is 1.22 bits per heavy atom. The van der Waals surface area contributed by atoms with Gasteiger partial charge >= 0.3 is 11.9 Å². The first-order valence-corrected chi connectivity index (χ1v) is 13.6. The van der Waals surface area contributed by atoms with E-state index in [4.69, 9.17) is 9.47 Å². The number of carbonyl (C=O) groups is 2. The number of esters is 2. The number of unbranched alkanes of at least 4 members (excludes halogenated alkanes) is 13. The van der Waals surface area contributed by atoms with Gasteiger partial charge in [-0.25, -0.2) is 0 Å². The Bertz CT molecular complexity index is 528. The van der Waals surface area contributed by atoms with Crippen molar-refractivity contribution in [3.05, 3.63) is 12.2 Å². The van der Waals surface area contributed by atoms with E-state index in [2.05, 4.69) is 13.8 Å². The molecular weight excluding hydrogens is 400 g/mol. The minimum atomic E-state index is -0.907. The highest BCUT2D eigenvalue weighted by Gasteiger charge is 2.46. The summed E-state index contributed by atoms with van der Waals surface area (Å²) in [5, 5.41) is 0. The van der Waals surface area contributed by atoms with Crippen LogP contribution in [0.3, 0.4) is 0 Å². The molecule has 0 N–H and O–H groups in total. The SMILES string of the molecule is CCCCCCCCCCOC(=O)C1CCC=CC1(C)C(=O)OCCCCCCCCC. The average molecular weight is 451 g/mol. The van der Waals surface area contributed by atoms with Crippen LogP contribution < -0.4 is 0 Å². The molecule has 0 radical (unpaired) electrons. The lowest BCUT2D eigenvalue weighted by atomic mass is 9.71. The fraction of sp³-hybridized carbons (Fsp3) is 0.857. The van der Waals surface area contributed by atoms with E-state index >= 15 is 0 Å². The zero-order valence-corrected chi connectivity index (χ0v) is 21.3. The Balaban J connectivity index is 2.29. The van der Waals surface area contributed by atoms with Crippen molar-refractivity contribution in [1.82, 2.24) is 0 Å². The highest BCUT2D eigenvalue weighted by atomic mass is 16.5. The van der Waals surface area contributed by atoms with E-state index in [0.717, 1.165) is 32.1 Å². The summed E-state index contributed by atoms with van der Waals surface area (Å²) < 4.78 is 11.2. The van der Waals surface area contributed by atoms with Crippen LogP contribution in [0.5, 0.6) is 0 Å². The Hall–Kier alpha value is -1.32. The van der Waals surface area contributed by atoms with Gasteiger partial charge in [0.2, 0.25) is 0 Å². The summed E-state index contributed by atoms with van der Waals surface area (Å²) in [5.74, 6) is -0.968. The van der Waals surface area contributed by atoms with Crippen LogP contribution in [-0.4, -0.2) is 25.2 Å². The van der Waals surface area contributed by atoms with E-state index < -0.39 is 11.3 Å². The van der Waals surface area contributed by atoms with Crippen LogP contribution in [0.2, 0.25) is 0 Å². The van der Waals surface area contributed by atoms with Gasteiger partial charge < -0.3 is 9.47 Å². The minimum absolute atomic E-state index is 0.243. The molecule has 0 heterocycles. The minimum Gasteiger partial charge on any atom is -0.465 e. The molecule has 0 aromatic rings. The molecule has 186 valence electrons. The van der Waals surface area contributed by atoms with Gasteiger partial charge in [0, 0.05) is 0 Å². The van der Waals surface area contributed by atoms with Crippen molar-refractivity contribution >= 4 is 11.9 Å². The molecule has 4 nitrogen and oxygen atoms in total. The molecule has 1 aliphatic carbocycles. The highest BCUT2D eigenvalue weighted by molar-refractivity contribution is 5.87. The van der Waals surface area contributed by atoms with Gasteiger partial charge in [0.1, 0.15) is 0 Å². The molecule has 0 aliphatic heterocycles. The lowest BCUT2D eigenvalue weighted by Gasteiger charge is -2.34. The van der Waals surface area contributed by atoms with Gasteiger partial charge in [-0.1, -0.05) is 109 Å². The number of hydrogen-bond acceptors (Lipinski definition) is 4. The molecule has 0 saturated carbocycles. The van der Waals surface area contributed by atoms with Crippen LogP contribution in [0.4, 0.5) is 0 Å². The monoisotopic (exact) mass is 450 g/mol. The van der Waals surface area contributed by atoms with Crippen LogP contribution >= 0.6 is 0 Å². The van der Waals surface area contributed by atoms with Crippen LogP contribution in [0.25, 0.3) is 0 Å². The molecule has 1 rings (SSSR count). The lowest BCUT2D eigenvalue weighted by Crippen LogP contribution is -2.42. The standard InChI is InChI=1S/C28H50O4/c1-4-6-8-10-12-14-15-19-23-31-26(29)25-21-17-18-22-28(25,3)27(30)32-24-20-16-13-11-9-7-5-2/h18,22,25H,4-17,19-21,23-24H2,1-3H3. The second kappa shape index (κ2) is 18.1. The summed E-state index contributed by atoms with van der Waals surface area (Å²) in [6, 6.07) is 0. The predicted molar refractivity (Wildman–Crippen MR) is 132 cm³/mol. The van der Waals surface area contributed by atoms with Crippen molar-refractivity contribution in [3.8, 4) is 0 Å². The molecule has 0 aromatic heterocycles. The summed E-state index contributed by atoms with van der Waals surface area (Å²) in [6.45, 7) is 7.18. The molecular formula is C28H50O4. The summed E-state index contributed by atoms with van der Waals surface area (Å²) in [6.07, 6.45) is 23.3. The molecule has 0 aromatic carbocycles. The first kappa shape index (κ1) is 28.7. The van der Waals surface area contributed by atoms with Gasteiger partial charge in [0.25, 0.3) is 0 Å². The first-order valence-electron chi connectivity index (χ1n) is 13.6. The van der Waals surface area contributed by atoms with E-state index in [9.17, 15) is 9.59 Å². The number of ether oxygens (including phenoxy) is 2. The van der Waals surface area contributed by atoms with E-state index in [0.29, 0.717) is 19.6 Å². The topological polar surface area (TPSA) is 52.6 Å². The normalized spacial score (nSPS) is 20.3. The fourth-order valence-electron chi connectivity index (χ4n) is 4.47. The third kappa shape index (κ3) is 11.5. The van der Waals surface area contributed by atoms with Crippen LogP contribution in [0, 0.1) is 11.3 Å². The summed E-state index contributed by atoms with van der Waals surface area (Å²) >= 11 is 0. The molecule has 2 atom stereocenters. The summed E-state index contributed by atoms with van der Waals surface area (Å²) in [7, 11) is 0. The van der Waals surface area contributed by atoms with Crippen LogP contribution in [-0.2, 0) is 19.1 Å². The predicted octanol–water partition coefficient (Wildman–Crippen LogP) is 7.94. The number of hydrogen-bond donors (Lipinski definition) is 0. The van der Waals surface area contributed by atoms with Gasteiger partial charge in [0.15, 0.2) is 0 Å². The molecule has 1 aliphatic rings. The third-order valence-corrected chi connectivity index (χ3v) is 6.76. The first-order chi connectivity index (χ1) is 15.6. The molecule has 0 saturated heterocycles. The Labute approximate surface area is 197 Å². The fourth-order valence-corrected chi connectivity index (χ4v) is 4.47. The summed E-state index contributed by atoms with van der Waals surface area (Å²) in [4.78, 5) is 25.6. The molecule has 0 fully saturated rings. The second-order valence-electron chi connectivity index (χ2n) is 9.71. The third-order valence-electron chi connectivity index (χ3n) is 6.76. The molecule has 0 spiro atoms. The smallest absolute Gasteiger partial charge is 0.316 e. The lowest BCUT2D eigenvalue weighted by molar-refractivity contribution is -0.166. The Morgan fingerprint density at radius 1 is 0.750 bits per heavy atom. The number of carbonyl (C=O) groups excluding carboxylic acids is 2. The van der Waals surface area contributed by atoms with Gasteiger partial charge in [-0.15, -0.1) is 0 Å². The Kier molecular flexibility index (Phi) is 16.3. The quantitative estimate of drug-likeness (QED) is 0.114. The second-order valence-corrected chi connectivity index (χ2v) is 9.71. The number of rotatable bonds is 19. The number of allylic oxidation sites excluding steroid dienone is 1. The maximum atomic E-state index is 12.9. The van der Waals surface area contributed by atoms with Gasteiger partial charge in [-0.05, 0) is 32.6 Å². The zero-order valence-electron chi connectivity index (χ0n) is 21.3. The van der Waals surface area contributed by atoms with Crippen molar-refractivity contribution in [3.63, 3.8) is 0 Å². The van der Waals surface area contributed by atoms with Gasteiger partial charge in [0.05, 0.1) is 24.5 Å². The van der Waals surface area contributed by atoms with E-state index in [1.54, 1.807) is 0 Å². The van der Waals surface area contributed by atoms with E-state index in [-0.39, 0.29) is 11.9 Å². The molecule has 32 heavy (non-hydrogen) atoms. The maximum Gasteiger partial charge on any atom is 0.316 e. The van der Waals surface area contributed by atoms with E-state index in [1.165, 1.54) is 70.6 Å². The van der Waals surface area contributed by atoms with Gasteiger partial charge in [-0.3, -0.25) is 9.59 Å². The van der Waals surface area contributed by atoms with Gasteiger partial charge in [-0.2, -0.15) is 0 Å². The van der Waals surface area contributed by atoms with E-state index in [1.807, 2.05) is 19.1 Å². The largest absolute Gasteiger partial charge is 0.465 e. The molecule has 2 unspecified atom stereocenters. The summed E-state index contributed by atoms with van der Waals surface area (Å²) in [5.41, 5.74) is -0.907. The van der Waals surface area contributed by atoms with Crippen molar-refractivity contribution in [2.45, 2.75) is 130 Å². The maximum absolute atomic E-state index is 12.9. The van der Waals surface area contributed by atoms with Crippen molar-refractivity contribution in [2.24, 2.45) is 11.3 Å². The molecule has 0 amide bonds.